The third-order valence-corrected chi connectivity index (χ3v) is 7.74. The van der Waals surface area contributed by atoms with E-state index >= 15 is 0 Å². The highest BCUT2D eigenvalue weighted by molar-refractivity contribution is 7.89. The van der Waals surface area contributed by atoms with Crippen LogP contribution in [-0.2, 0) is 21.4 Å². The van der Waals surface area contributed by atoms with Gasteiger partial charge in [-0.25, -0.2) is 17.6 Å². The smallest absolute Gasteiger partial charge is 0.329 e. The maximum Gasteiger partial charge on any atom is 0.329 e. The van der Waals surface area contributed by atoms with Gasteiger partial charge in [0.1, 0.15) is 17.3 Å². The molecular formula is C19H18ClFN4O5S. The van der Waals surface area contributed by atoms with Gasteiger partial charge in [0.25, 0.3) is 0 Å². The number of hydrogen-bond acceptors (Lipinski definition) is 5. The Hall–Kier alpha value is -2.76. The number of piperidine rings is 1. The van der Waals surface area contributed by atoms with Crippen LogP contribution in [0, 0.1) is 5.82 Å². The van der Waals surface area contributed by atoms with E-state index in [1.807, 2.05) is 0 Å². The van der Waals surface area contributed by atoms with Gasteiger partial charge in [-0.3, -0.25) is 18.9 Å². The van der Waals surface area contributed by atoms with Gasteiger partial charge in [-0.15, -0.1) is 0 Å². The number of carbonyl (C=O) groups is 1. The first-order valence-electron chi connectivity index (χ1n) is 9.42. The standard InChI is InChI=1S/C19H18ClFN4O5S/c20-14-9-12(21)1-2-17(14)31(29,30)23-7-4-13(5-8-23)25-16-10-22-6-3-15(16)24(19(25)28)11-18(26)27/h1-3,6,9-10,13H,4-5,7-8,11H2,(H,26,27). The van der Waals surface area contributed by atoms with Crippen LogP contribution in [0.3, 0.4) is 0 Å². The van der Waals surface area contributed by atoms with Crippen LogP contribution in [0.2, 0.25) is 5.02 Å². The van der Waals surface area contributed by atoms with Crippen LogP contribution >= 0.6 is 11.6 Å². The van der Waals surface area contributed by atoms with Crippen LogP contribution in [0.25, 0.3) is 11.0 Å². The lowest BCUT2D eigenvalue weighted by molar-refractivity contribution is -0.137. The number of benzene rings is 1. The van der Waals surface area contributed by atoms with E-state index in [2.05, 4.69) is 4.98 Å². The molecular weight excluding hydrogens is 451 g/mol. The van der Waals surface area contributed by atoms with E-state index in [9.17, 15) is 22.4 Å². The Morgan fingerprint density at radius 3 is 2.58 bits per heavy atom. The van der Waals surface area contributed by atoms with E-state index < -0.39 is 34.0 Å². The second-order valence-electron chi connectivity index (χ2n) is 7.21. The van der Waals surface area contributed by atoms with Crippen molar-refractivity contribution in [1.29, 1.82) is 0 Å². The van der Waals surface area contributed by atoms with Crippen molar-refractivity contribution in [2.45, 2.75) is 30.3 Å². The zero-order valence-electron chi connectivity index (χ0n) is 16.1. The number of carboxylic acid groups (broad SMARTS) is 1. The average Bonchev–Trinajstić information content (AvgIpc) is 2.99. The largest absolute Gasteiger partial charge is 0.480 e. The number of aromatic nitrogens is 3. The number of nitrogens with zero attached hydrogens (tertiary/aromatic N) is 4. The summed E-state index contributed by atoms with van der Waals surface area (Å²) >= 11 is 5.94. The number of aliphatic carboxylic acids is 1. The average molecular weight is 469 g/mol. The molecule has 1 N–H and O–H groups in total. The summed E-state index contributed by atoms with van der Waals surface area (Å²) in [7, 11) is -3.93. The maximum atomic E-state index is 13.3. The number of halogens is 2. The number of hydrogen-bond donors (Lipinski definition) is 1. The van der Waals surface area contributed by atoms with Crippen molar-refractivity contribution in [1.82, 2.24) is 18.4 Å². The molecule has 0 saturated carbocycles. The highest BCUT2D eigenvalue weighted by atomic mass is 35.5. The third kappa shape index (κ3) is 3.84. The van der Waals surface area contributed by atoms with Gasteiger partial charge in [0.15, 0.2) is 0 Å². The molecule has 31 heavy (non-hydrogen) atoms. The summed E-state index contributed by atoms with van der Waals surface area (Å²) < 4.78 is 43.1. The van der Waals surface area contributed by atoms with E-state index in [0.717, 1.165) is 18.2 Å². The summed E-state index contributed by atoms with van der Waals surface area (Å²) in [4.78, 5) is 28.0. The van der Waals surface area contributed by atoms with E-state index in [1.165, 1.54) is 25.8 Å². The molecule has 1 fully saturated rings. The minimum absolute atomic E-state index is 0.124. The van der Waals surface area contributed by atoms with Crippen molar-refractivity contribution >= 4 is 38.6 Å². The molecule has 3 heterocycles. The zero-order chi connectivity index (χ0) is 22.3. The molecule has 0 unspecified atom stereocenters. The van der Waals surface area contributed by atoms with Gasteiger partial charge in [0, 0.05) is 25.3 Å². The predicted molar refractivity (Wildman–Crippen MR) is 110 cm³/mol. The normalized spacial score (nSPS) is 16.1. The van der Waals surface area contributed by atoms with E-state index in [4.69, 9.17) is 16.7 Å². The van der Waals surface area contributed by atoms with Crippen molar-refractivity contribution in [3.05, 3.63) is 58.0 Å². The van der Waals surface area contributed by atoms with E-state index in [-0.39, 0.29) is 29.0 Å². The van der Waals surface area contributed by atoms with Crippen LogP contribution in [0.5, 0.6) is 0 Å². The summed E-state index contributed by atoms with van der Waals surface area (Å²) in [6.45, 7) is -0.235. The van der Waals surface area contributed by atoms with Crippen molar-refractivity contribution in [2.24, 2.45) is 0 Å². The van der Waals surface area contributed by atoms with Crippen molar-refractivity contribution in [3.63, 3.8) is 0 Å². The number of fused-ring (bicyclic) bond motifs is 1. The highest BCUT2D eigenvalue weighted by Crippen LogP contribution is 2.31. The first-order chi connectivity index (χ1) is 14.7. The van der Waals surface area contributed by atoms with Gasteiger partial charge in [-0.2, -0.15) is 4.31 Å². The second-order valence-corrected chi connectivity index (χ2v) is 9.52. The lowest BCUT2D eigenvalue weighted by atomic mass is 10.1. The molecule has 0 amide bonds. The number of sulfonamides is 1. The van der Waals surface area contributed by atoms with Crippen LogP contribution in [-0.4, -0.2) is 51.0 Å². The molecule has 0 spiro atoms. The number of carboxylic acids is 1. The SMILES string of the molecule is O=C(O)Cn1c(=O)n(C2CCN(S(=O)(=O)c3ccc(F)cc3Cl)CC2)c2cnccc21. The summed E-state index contributed by atoms with van der Waals surface area (Å²) in [5, 5.41) is 8.96. The van der Waals surface area contributed by atoms with Gasteiger partial charge in [-0.1, -0.05) is 11.6 Å². The van der Waals surface area contributed by atoms with Gasteiger partial charge in [0.05, 0.1) is 22.3 Å². The van der Waals surface area contributed by atoms with Gasteiger partial charge < -0.3 is 5.11 Å². The molecule has 4 rings (SSSR count). The van der Waals surface area contributed by atoms with Gasteiger partial charge in [-0.05, 0) is 37.1 Å². The molecule has 1 saturated heterocycles. The number of rotatable bonds is 5. The first kappa shape index (κ1) is 21.5. The molecule has 1 aliphatic heterocycles. The fourth-order valence-electron chi connectivity index (χ4n) is 3.93. The van der Waals surface area contributed by atoms with Crippen LogP contribution in [0.4, 0.5) is 4.39 Å². The van der Waals surface area contributed by atoms with Gasteiger partial charge in [0.2, 0.25) is 10.0 Å². The molecule has 0 bridgehead atoms. The maximum absolute atomic E-state index is 13.3. The molecule has 9 nitrogen and oxygen atoms in total. The van der Waals surface area contributed by atoms with Crippen molar-refractivity contribution in [3.8, 4) is 0 Å². The molecule has 0 radical (unpaired) electrons. The molecule has 2 aromatic heterocycles. The minimum Gasteiger partial charge on any atom is -0.480 e. The summed E-state index contributed by atoms with van der Waals surface area (Å²) in [6.07, 6.45) is 3.64. The molecule has 1 aliphatic rings. The fraction of sp³-hybridized carbons (Fsp3) is 0.316. The summed E-state index contributed by atoms with van der Waals surface area (Å²) in [6, 6.07) is 4.37. The molecule has 12 heteroatoms. The van der Waals surface area contributed by atoms with E-state index in [1.54, 1.807) is 6.07 Å². The fourth-order valence-corrected chi connectivity index (χ4v) is 5.91. The highest BCUT2D eigenvalue weighted by Gasteiger charge is 2.33. The summed E-state index contributed by atoms with van der Waals surface area (Å²) in [5.74, 6) is -1.77. The Balaban J connectivity index is 1.62. The molecule has 0 aliphatic carbocycles. The number of imidazole rings is 1. The minimum atomic E-state index is -3.93. The lowest BCUT2D eigenvalue weighted by Gasteiger charge is -2.32. The molecule has 0 atom stereocenters. The Bertz CT molecular complexity index is 1330. The Labute approximate surface area is 181 Å². The van der Waals surface area contributed by atoms with Crippen LogP contribution < -0.4 is 5.69 Å². The van der Waals surface area contributed by atoms with Crippen molar-refractivity contribution in [2.75, 3.05) is 13.1 Å². The van der Waals surface area contributed by atoms with Gasteiger partial charge >= 0.3 is 11.7 Å². The quantitative estimate of drug-likeness (QED) is 0.613. The Morgan fingerprint density at radius 2 is 1.94 bits per heavy atom. The van der Waals surface area contributed by atoms with Crippen LogP contribution in [0.1, 0.15) is 18.9 Å². The molecule has 1 aromatic carbocycles. The third-order valence-electron chi connectivity index (χ3n) is 5.36. The Kier molecular flexibility index (Phi) is 5.58. The monoisotopic (exact) mass is 468 g/mol. The first-order valence-corrected chi connectivity index (χ1v) is 11.2. The molecule has 164 valence electrons. The lowest BCUT2D eigenvalue weighted by Crippen LogP contribution is -2.41. The predicted octanol–water partition coefficient (Wildman–Crippen LogP) is 2.10. The van der Waals surface area contributed by atoms with Crippen LogP contribution in [0.15, 0.2) is 46.3 Å². The zero-order valence-corrected chi connectivity index (χ0v) is 17.7. The topological polar surface area (TPSA) is 114 Å². The second kappa shape index (κ2) is 8.06. The number of pyridine rings is 1. The Morgan fingerprint density at radius 1 is 1.23 bits per heavy atom. The molecule has 3 aromatic rings. The summed E-state index contributed by atoms with van der Waals surface area (Å²) in [5.41, 5.74) is 0.473. The van der Waals surface area contributed by atoms with Crippen molar-refractivity contribution < 1.29 is 22.7 Å². The van der Waals surface area contributed by atoms with E-state index in [0.29, 0.717) is 23.9 Å².